The fourth-order valence-corrected chi connectivity index (χ4v) is 1.05. The summed E-state index contributed by atoms with van der Waals surface area (Å²) >= 11 is 0. The fraction of sp³-hybridized carbons (Fsp3) is 0.100. The van der Waals surface area contributed by atoms with Crippen LogP contribution in [0.4, 0.5) is 4.79 Å². The first-order valence-electron chi connectivity index (χ1n) is 4.67. The third kappa shape index (κ3) is 4.31. The first-order valence-corrected chi connectivity index (χ1v) is 4.67. The predicted octanol–water partition coefficient (Wildman–Crippen LogP) is 0.902. The molecule has 1 aromatic carbocycles. The zero-order chi connectivity index (χ0) is 12.7. The van der Waals surface area contributed by atoms with Crippen molar-refractivity contribution in [2.75, 3.05) is 0 Å². The number of hydrogen-bond acceptors (Lipinski definition) is 5. The van der Waals surface area contributed by atoms with Gasteiger partial charge in [-0.2, -0.15) is 0 Å². The van der Waals surface area contributed by atoms with E-state index in [-0.39, 0.29) is 0 Å². The van der Waals surface area contributed by atoms with Crippen molar-refractivity contribution in [3.05, 3.63) is 52.1 Å². The number of amides is 1. The van der Waals surface area contributed by atoms with E-state index in [2.05, 4.69) is 4.74 Å². The van der Waals surface area contributed by atoms with Gasteiger partial charge in [-0.05, 0) is 11.6 Å². The Morgan fingerprint density at radius 2 is 2.12 bits per heavy atom. The van der Waals surface area contributed by atoms with Gasteiger partial charge in [-0.1, -0.05) is 30.3 Å². The molecule has 1 rings (SSSR count). The summed E-state index contributed by atoms with van der Waals surface area (Å²) in [5.41, 5.74) is 2.41. The van der Waals surface area contributed by atoms with E-state index in [1.165, 1.54) is 6.08 Å². The lowest BCUT2D eigenvalue weighted by Crippen LogP contribution is -2.35. The van der Waals surface area contributed by atoms with Crippen LogP contribution in [0.2, 0.25) is 0 Å². The first kappa shape index (κ1) is 12.7. The molecular formula is C10H11N3O4. The Morgan fingerprint density at radius 1 is 1.47 bits per heavy atom. The summed E-state index contributed by atoms with van der Waals surface area (Å²) < 4.78 is 4.42. The number of hydrazine groups is 1. The average molecular weight is 237 g/mol. The lowest BCUT2D eigenvalue weighted by molar-refractivity contribution is -0.551. The number of hydrogen-bond donors (Lipinski definition) is 2. The fourth-order valence-electron chi connectivity index (χ4n) is 1.05. The Labute approximate surface area is 97.0 Å². The Balaban J connectivity index is 2.70. The number of ether oxygens (including phenoxy) is 1. The van der Waals surface area contributed by atoms with Gasteiger partial charge in [-0.25, -0.2) is 10.6 Å². The van der Waals surface area contributed by atoms with Crippen molar-refractivity contribution < 1.29 is 14.5 Å². The van der Waals surface area contributed by atoms with Gasteiger partial charge in [0.1, 0.15) is 0 Å². The molecule has 1 amide bonds. The molecule has 0 aliphatic carbocycles. The highest BCUT2D eigenvalue weighted by molar-refractivity contribution is 5.66. The standard InChI is InChI=1S/C10H11N3O4/c11-12-10(14)17-9(13(15)16)7-6-8-4-2-1-3-5-8/h1-7,9H,11H2,(H,12,14)/b7-6+. The molecular weight excluding hydrogens is 226 g/mol. The third-order valence-corrected chi connectivity index (χ3v) is 1.81. The summed E-state index contributed by atoms with van der Waals surface area (Å²) in [6.45, 7) is 0. The van der Waals surface area contributed by atoms with Gasteiger partial charge in [0.15, 0.2) is 0 Å². The van der Waals surface area contributed by atoms with Crippen LogP contribution < -0.4 is 11.3 Å². The molecule has 1 unspecified atom stereocenters. The molecule has 0 spiro atoms. The molecule has 0 heterocycles. The minimum absolute atomic E-state index is 0.741. The molecule has 1 atom stereocenters. The first-order chi connectivity index (χ1) is 8.13. The number of benzene rings is 1. The largest absolute Gasteiger partial charge is 0.426 e. The molecule has 0 aromatic heterocycles. The van der Waals surface area contributed by atoms with Gasteiger partial charge < -0.3 is 4.74 Å². The van der Waals surface area contributed by atoms with Crippen LogP contribution in [-0.4, -0.2) is 17.2 Å². The highest BCUT2D eigenvalue weighted by Gasteiger charge is 2.20. The Morgan fingerprint density at radius 3 is 2.65 bits per heavy atom. The lowest BCUT2D eigenvalue weighted by atomic mass is 10.2. The summed E-state index contributed by atoms with van der Waals surface area (Å²) in [6, 6.07) is 8.91. The van der Waals surface area contributed by atoms with Crippen molar-refractivity contribution in [1.82, 2.24) is 5.43 Å². The van der Waals surface area contributed by atoms with Crippen LogP contribution in [0.15, 0.2) is 36.4 Å². The quantitative estimate of drug-likeness (QED) is 0.266. The molecule has 7 heteroatoms. The van der Waals surface area contributed by atoms with E-state index in [0.717, 1.165) is 11.6 Å². The minimum atomic E-state index is -1.57. The number of rotatable bonds is 4. The molecule has 0 aliphatic heterocycles. The molecule has 0 saturated heterocycles. The third-order valence-electron chi connectivity index (χ3n) is 1.81. The van der Waals surface area contributed by atoms with Crippen molar-refractivity contribution >= 4 is 12.2 Å². The molecule has 0 radical (unpaired) electrons. The van der Waals surface area contributed by atoms with E-state index in [4.69, 9.17) is 5.84 Å². The second-order valence-electron chi connectivity index (χ2n) is 3.00. The average Bonchev–Trinajstić information content (AvgIpc) is 2.35. The summed E-state index contributed by atoms with van der Waals surface area (Å²) in [7, 11) is 0. The van der Waals surface area contributed by atoms with E-state index < -0.39 is 17.2 Å². The molecule has 0 saturated carbocycles. The highest BCUT2D eigenvalue weighted by Crippen LogP contribution is 2.04. The number of nitrogens with two attached hydrogens (primary N) is 1. The monoisotopic (exact) mass is 237 g/mol. The summed E-state index contributed by atoms with van der Waals surface area (Å²) in [6.07, 6.45) is 0.00476. The number of nitro groups is 1. The van der Waals surface area contributed by atoms with Crippen molar-refractivity contribution in [2.24, 2.45) is 5.84 Å². The second-order valence-corrected chi connectivity index (χ2v) is 3.00. The Kier molecular flexibility index (Phi) is 4.64. The van der Waals surface area contributed by atoms with E-state index in [9.17, 15) is 14.9 Å². The topological polar surface area (TPSA) is 107 Å². The summed E-state index contributed by atoms with van der Waals surface area (Å²) in [5, 5.41) is 10.6. The normalized spacial score (nSPS) is 12.1. The van der Waals surface area contributed by atoms with E-state index in [0.29, 0.717) is 0 Å². The van der Waals surface area contributed by atoms with Crippen molar-refractivity contribution in [2.45, 2.75) is 6.23 Å². The van der Waals surface area contributed by atoms with Gasteiger partial charge in [0, 0.05) is 6.08 Å². The minimum Gasteiger partial charge on any atom is -0.377 e. The predicted molar refractivity (Wildman–Crippen MR) is 60.1 cm³/mol. The SMILES string of the molecule is NNC(=O)OC(/C=C/c1ccccc1)[N+](=O)[O-]. The lowest BCUT2D eigenvalue weighted by Gasteiger charge is -2.05. The van der Waals surface area contributed by atoms with Gasteiger partial charge >= 0.3 is 12.3 Å². The van der Waals surface area contributed by atoms with Crippen LogP contribution >= 0.6 is 0 Å². The number of carbonyl (C=O) groups excluding carboxylic acids is 1. The number of nitrogens with one attached hydrogen (secondary N) is 1. The number of nitrogens with zero attached hydrogens (tertiary/aromatic N) is 1. The van der Waals surface area contributed by atoms with Crippen molar-refractivity contribution in [3.8, 4) is 0 Å². The second kappa shape index (κ2) is 6.23. The zero-order valence-corrected chi connectivity index (χ0v) is 8.78. The molecule has 0 aliphatic rings. The van der Waals surface area contributed by atoms with Crippen LogP contribution in [0.1, 0.15) is 5.56 Å². The highest BCUT2D eigenvalue weighted by atomic mass is 16.7. The van der Waals surface area contributed by atoms with Gasteiger partial charge in [-0.15, -0.1) is 0 Å². The van der Waals surface area contributed by atoms with Crippen molar-refractivity contribution in [1.29, 1.82) is 0 Å². The molecule has 7 nitrogen and oxygen atoms in total. The van der Waals surface area contributed by atoms with Crippen LogP contribution in [0.25, 0.3) is 6.08 Å². The van der Waals surface area contributed by atoms with Crippen molar-refractivity contribution in [3.63, 3.8) is 0 Å². The van der Waals surface area contributed by atoms with Gasteiger partial charge in [0.05, 0.1) is 4.92 Å². The van der Waals surface area contributed by atoms with E-state index in [1.807, 2.05) is 6.07 Å². The maximum absolute atomic E-state index is 10.7. The Bertz CT molecular complexity index is 419. The van der Waals surface area contributed by atoms with Gasteiger partial charge in [-0.3, -0.25) is 15.5 Å². The van der Waals surface area contributed by atoms with Crippen LogP contribution in [0.3, 0.4) is 0 Å². The van der Waals surface area contributed by atoms with Crippen LogP contribution in [0, 0.1) is 10.1 Å². The molecule has 0 fully saturated rings. The van der Waals surface area contributed by atoms with E-state index >= 15 is 0 Å². The molecule has 3 N–H and O–H groups in total. The van der Waals surface area contributed by atoms with Gasteiger partial charge in [0.2, 0.25) is 0 Å². The molecule has 1 aromatic rings. The smallest absolute Gasteiger partial charge is 0.377 e. The molecule has 17 heavy (non-hydrogen) atoms. The maximum Gasteiger partial charge on any atom is 0.426 e. The molecule has 90 valence electrons. The van der Waals surface area contributed by atoms with Gasteiger partial charge in [0.25, 0.3) is 0 Å². The number of carbonyl (C=O) groups is 1. The molecule has 0 bridgehead atoms. The summed E-state index contributed by atoms with van der Waals surface area (Å²) in [5.74, 6) is 4.76. The van der Waals surface area contributed by atoms with E-state index in [1.54, 1.807) is 29.7 Å². The zero-order valence-electron chi connectivity index (χ0n) is 8.78. The Hall–Kier alpha value is -2.41. The van der Waals surface area contributed by atoms with Crippen LogP contribution in [-0.2, 0) is 4.74 Å². The van der Waals surface area contributed by atoms with Crippen LogP contribution in [0.5, 0.6) is 0 Å². The maximum atomic E-state index is 10.7. The summed E-state index contributed by atoms with van der Waals surface area (Å²) in [4.78, 5) is 20.6.